The summed E-state index contributed by atoms with van der Waals surface area (Å²) in [6.07, 6.45) is 0.931. The number of hydrogen-bond donors (Lipinski definition) is 0. The zero-order valence-corrected chi connectivity index (χ0v) is 2.81. The van der Waals surface area contributed by atoms with Crippen LogP contribution in [0, 0.1) is 0 Å². The van der Waals surface area contributed by atoms with Crippen molar-refractivity contribution in [3.63, 3.8) is 0 Å². The molecule has 1 fully saturated rings. The summed E-state index contributed by atoms with van der Waals surface area (Å²) in [5.74, 6) is 0. The van der Waals surface area contributed by atoms with Gasteiger partial charge in [-0.1, -0.05) is 7.43 Å². The van der Waals surface area contributed by atoms with Gasteiger partial charge in [0.15, 0.2) is 0 Å². The highest BCUT2D eigenvalue weighted by molar-refractivity contribution is 6.27. The van der Waals surface area contributed by atoms with Gasteiger partial charge >= 0.3 is 7.48 Å². The van der Waals surface area contributed by atoms with E-state index >= 15 is 0 Å². The molecule has 6 heavy (non-hydrogen) atoms. The average molecular weight is 86.9 g/mol. The van der Waals surface area contributed by atoms with E-state index in [9.17, 15) is 0 Å². The average Bonchev–Trinajstić information content (AvgIpc) is 1.76. The van der Waals surface area contributed by atoms with Crippen molar-refractivity contribution in [1.29, 1.82) is 0 Å². The van der Waals surface area contributed by atoms with Crippen molar-refractivity contribution in [2.75, 3.05) is 6.61 Å². The van der Waals surface area contributed by atoms with Crippen LogP contribution in [-0.4, -0.2) is 14.1 Å². The van der Waals surface area contributed by atoms with E-state index in [2.05, 4.69) is 9.69 Å². The van der Waals surface area contributed by atoms with Crippen LogP contribution in [0.4, 0.5) is 0 Å². The van der Waals surface area contributed by atoms with Gasteiger partial charge in [0, 0.05) is 0 Å². The van der Waals surface area contributed by atoms with Gasteiger partial charge in [-0.25, -0.2) is 0 Å². The molecule has 0 N–H and O–H groups in total. The summed E-state index contributed by atoms with van der Waals surface area (Å²) in [5, 5.41) is 0. The van der Waals surface area contributed by atoms with Crippen LogP contribution in [0.3, 0.4) is 0 Å². The highest BCUT2D eigenvalue weighted by atomic mass is 17.2. The summed E-state index contributed by atoms with van der Waals surface area (Å²) >= 11 is 0. The number of rotatable bonds is 0. The number of hydrogen-bond acceptors (Lipinski definition) is 2. The molecule has 0 aromatic rings. The van der Waals surface area contributed by atoms with Crippen LogP contribution in [0.25, 0.3) is 0 Å². The van der Waals surface area contributed by atoms with E-state index in [1.54, 1.807) is 7.48 Å². The Morgan fingerprint density at radius 1 is 1.50 bits per heavy atom. The lowest BCUT2D eigenvalue weighted by Crippen LogP contribution is -1.78. The highest BCUT2D eigenvalue weighted by Crippen LogP contribution is 1.91. The third-order valence-electron chi connectivity index (χ3n) is 0.455. The smallest absolute Gasteiger partial charge is 0.311 e. The third-order valence-corrected chi connectivity index (χ3v) is 0.455. The van der Waals surface area contributed by atoms with Gasteiger partial charge in [0.2, 0.25) is 0 Å². The Morgan fingerprint density at radius 2 is 2.33 bits per heavy atom. The van der Waals surface area contributed by atoms with Gasteiger partial charge in [-0.05, 0) is 6.32 Å². The van der Waals surface area contributed by atoms with Crippen molar-refractivity contribution < 1.29 is 9.69 Å². The Balaban J connectivity index is 0.000000250. The molecular formula is C3H8BO2. The molecule has 1 heterocycles. The van der Waals surface area contributed by atoms with Crippen LogP contribution in [0.15, 0.2) is 0 Å². The molecule has 0 atom stereocenters. The Morgan fingerprint density at radius 3 is 2.50 bits per heavy atom. The Hall–Kier alpha value is -0.0151. The van der Waals surface area contributed by atoms with Crippen LogP contribution < -0.4 is 0 Å². The van der Waals surface area contributed by atoms with Gasteiger partial charge in [-0.2, -0.15) is 0 Å². The van der Waals surface area contributed by atoms with Gasteiger partial charge in [0.05, 0.1) is 6.61 Å². The second kappa shape index (κ2) is 3.19. The van der Waals surface area contributed by atoms with Gasteiger partial charge < -0.3 is 4.81 Å². The van der Waals surface area contributed by atoms with E-state index in [0.717, 1.165) is 12.9 Å². The Labute approximate surface area is 38.6 Å². The standard InChI is InChI=1S/C2H4BO2.CH4/c1-2-4-5-3-1;/h1-2H2;1H4. The minimum Gasteiger partial charge on any atom is -0.311 e. The van der Waals surface area contributed by atoms with Gasteiger partial charge in [0.25, 0.3) is 0 Å². The van der Waals surface area contributed by atoms with Crippen molar-refractivity contribution in [1.82, 2.24) is 0 Å². The maximum absolute atomic E-state index is 4.39. The van der Waals surface area contributed by atoms with Crippen molar-refractivity contribution in [3.8, 4) is 0 Å². The predicted octanol–water partition coefficient (Wildman–Crippen LogP) is 0.622. The molecule has 35 valence electrons. The molecule has 0 bridgehead atoms. The molecule has 0 aromatic heterocycles. The maximum atomic E-state index is 4.39. The molecule has 2 nitrogen and oxygen atoms in total. The molecular weight excluding hydrogens is 78.8 g/mol. The van der Waals surface area contributed by atoms with Crippen LogP contribution >= 0.6 is 0 Å². The van der Waals surface area contributed by atoms with E-state index in [-0.39, 0.29) is 7.43 Å². The fourth-order valence-corrected chi connectivity index (χ4v) is 0.241. The van der Waals surface area contributed by atoms with Gasteiger partial charge in [-0.3, -0.25) is 4.89 Å². The molecule has 0 unspecified atom stereocenters. The first-order chi connectivity index (χ1) is 2.50. The minimum absolute atomic E-state index is 0. The van der Waals surface area contributed by atoms with Crippen LogP contribution in [-0.2, 0) is 9.69 Å². The van der Waals surface area contributed by atoms with Crippen LogP contribution in [0.2, 0.25) is 6.32 Å². The first-order valence-corrected chi connectivity index (χ1v) is 1.60. The van der Waals surface area contributed by atoms with Crippen molar-refractivity contribution in [3.05, 3.63) is 0 Å². The fourth-order valence-electron chi connectivity index (χ4n) is 0.241. The quantitative estimate of drug-likeness (QED) is 0.318. The molecule has 3 heteroatoms. The van der Waals surface area contributed by atoms with Gasteiger partial charge in [0.1, 0.15) is 0 Å². The lowest BCUT2D eigenvalue weighted by atomic mass is 9.99. The van der Waals surface area contributed by atoms with E-state index in [1.807, 2.05) is 0 Å². The van der Waals surface area contributed by atoms with E-state index in [4.69, 9.17) is 0 Å². The second-order valence-electron chi connectivity index (χ2n) is 0.874. The third kappa shape index (κ3) is 1.43. The normalized spacial score (nSPS) is 18.7. The lowest BCUT2D eigenvalue weighted by molar-refractivity contribution is -0.181. The zero-order chi connectivity index (χ0) is 3.54. The summed E-state index contributed by atoms with van der Waals surface area (Å²) < 4.78 is 0. The topological polar surface area (TPSA) is 18.5 Å². The summed E-state index contributed by atoms with van der Waals surface area (Å²) in [6.45, 7) is 0.722. The molecule has 0 aromatic carbocycles. The Kier molecular flexibility index (Phi) is 3.18. The summed E-state index contributed by atoms with van der Waals surface area (Å²) in [5.41, 5.74) is 0. The molecule has 0 amide bonds. The second-order valence-corrected chi connectivity index (χ2v) is 0.874. The van der Waals surface area contributed by atoms with Gasteiger partial charge in [-0.15, -0.1) is 0 Å². The van der Waals surface area contributed by atoms with Crippen molar-refractivity contribution in [2.24, 2.45) is 0 Å². The molecule has 0 saturated carbocycles. The summed E-state index contributed by atoms with van der Waals surface area (Å²) in [7, 11) is 1.64. The summed E-state index contributed by atoms with van der Waals surface area (Å²) in [6, 6.07) is 0. The minimum atomic E-state index is 0. The largest absolute Gasteiger partial charge is 0.346 e. The van der Waals surface area contributed by atoms with Crippen molar-refractivity contribution in [2.45, 2.75) is 13.7 Å². The molecule has 1 saturated heterocycles. The van der Waals surface area contributed by atoms with E-state index in [0.29, 0.717) is 0 Å². The monoisotopic (exact) mass is 87.1 g/mol. The fraction of sp³-hybridized carbons (Fsp3) is 1.00. The van der Waals surface area contributed by atoms with Crippen LogP contribution in [0.1, 0.15) is 7.43 Å². The Bertz CT molecular complexity index is 20.4. The first-order valence-electron chi connectivity index (χ1n) is 1.60. The van der Waals surface area contributed by atoms with E-state index in [1.165, 1.54) is 0 Å². The maximum Gasteiger partial charge on any atom is 0.346 e. The molecule has 1 rings (SSSR count). The molecule has 1 radical (unpaired) electrons. The van der Waals surface area contributed by atoms with Crippen LogP contribution in [0.5, 0.6) is 0 Å². The predicted molar refractivity (Wildman–Crippen MR) is 24.3 cm³/mol. The molecule has 0 aliphatic carbocycles. The highest BCUT2D eigenvalue weighted by Gasteiger charge is 2.00. The molecule has 0 spiro atoms. The lowest BCUT2D eigenvalue weighted by Gasteiger charge is -1.79. The molecule has 1 aliphatic heterocycles. The van der Waals surface area contributed by atoms with E-state index < -0.39 is 0 Å². The summed E-state index contributed by atoms with van der Waals surface area (Å²) in [4.78, 5) is 8.71. The first kappa shape index (κ1) is 5.98. The SMILES string of the molecule is C.[B]1CCOO1. The van der Waals surface area contributed by atoms with Crippen molar-refractivity contribution >= 4 is 7.48 Å². The molecule has 1 aliphatic rings. The zero-order valence-electron chi connectivity index (χ0n) is 2.81.